The van der Waals surface area contributed by atoms with E-state index in [2.05, 4.69) is 36.2 Å². The van der Waals surface area contributed by atoms with Gasteiger partial charge in [-0.2, -0.15) is 0 Å². The van der Waals surface area contributed by atoms with Gasteiger partial charge in [0, 0.05) is 5.70 Å². The van der Waals surface area contributed by atoms with Gasteiger partial charge in [-0.1, -0.05) is 116 Å². The van der Waals surface area contributed by atoms with Gasteiger partial charge in [0.15, 0.2) is 0 Å². The lowest BCUT2D eigenvalue weighted by molar-refractivity contribution is -0.114. The Morgan fingerprint density at radius 2 is 1.09 bits per heavy atom. The monoisotopic (exact) mass is 416 g/mol. The molecule has 0 heterocycles. The summed E-state index contributed by atoms with van der Waals surface area (Å²) in [6.45, 7) is 4.09. The highest BCUT2D eigenvalue weighted by Crippen LogP contribution is 2.22. The second-order valence-corrected chi connectivity index (χ2v) is 7.46. The fourth-order valence-corrected chi connectivity index (χ4v) is 3.47. The minimum Gasteiger partial charge on any atom is -0.364 e. The number of nitrogens with one attached hydrogen (secondary N) is 1. The second kappa shape index (κ2) is 9.63. The van der Waals surface area contributed by atoms with Crippen LogP contribution in [0.5, 0.6) is 0 Å². The summed E-state index contributed by atoms with van der Waals surface area (Å²) >= 11 is 0. The summed E-state index contributed by atoms with van der Waals surface area (Å²) in [4.78, 5) is 12.0. The molecule has 4 rings (SSSR count). The van der Waals surface area contributed by atoms with Crippen LogP contribution in [0, 0.1) is 0 Å². The predicted octanol–water partition coefficient (Wildman–Crippen LogP) is 6.11. The standard InChI is InChI=1S/C29H24N2O/c1-21(23-16-18-27(19-17-23)25-10-6-3-7-11-25)31-28(29(30)32)20-22-12-14-26(15-13-22)24-8-4-2-5-9-24/h2-20,31H,1H2,(H2,30,32)/b28-20+. The molecular weight excluding hydrogens is 392 g/mol. The van der Waals surface area contributed by atoms with E-state index in [9.17, 15) is 4.79 Å². The first-order valence-corrected chi connectivity index (χ1v) is 10.4. The molecule has 0 saturated heterocycles. The summed E-state index contributed by atoms with van der Waals surface area (Å²) in [6.07, 6.45) is 1.74. The number of benzene rings is 4. The number of hydrogen-bond acceptors (Lipinski definition) is 2. The average Bonchev–Trinajstić information content (AvgIpc) is 2.85. The van der Waals surface area contributed by atoms with E-state index in [-0.39, 0.29) is 5.70 Å². The Kier molecular flexibility index (Phi) is 6.28. The Labute approximate surface area is 188 Å². The number of nitrogens with two attached hydrogens (primary N) is 1. The minimum absolute atomic E-state index is 0.287. The van der Waals surface area contributed by atoms with Gasteiger partial charge in [-0.15, -0.1) is 0 Å². The third-order valence-electron chi connectivity index (χ3n) is 5.22. The summed E-state index contributed by atoms with van der Waals surface area (Å²) in [5.74, 6) is -0.542. The van der Waals surface area contributed by atoms with Crippen LogP contribution in [-0.2, 0) is 4.79 Å². The predicted molar refractivity (Wildman–Crippen MR) is 133 cm³/mol. The van der Waals surface area contributed by atoms with Crippen LogP contribution in [0.4, 0.5) is 0 Å². The zero-order chi connectivity index (χ0) is 22.3. The smallest absolute Gasteiger partial charge is 0.265 e. The van der Waals surface area contributed by atoms with Gasteiger partial charge in [-0.05, 0) is 39.5 Å². The molecule has 0 aliphatic heterocycles. The Morgan fingerprint density at radius 1 is 0.656 bits per heavy atom. The molecule has 0 aromatic heterocycles. The Bertz CT molecular complexity index is 1240. The van der Waals surface area contributed by atoms with Crippen LogP contribution in [0.15, 0.2) is 121 Å². The largest absolute Gasteiger partial charge is 0.364 e. The number of rotatable bonds is 7. The number of carbonyl (C=O) groups is 1. The fourth-order valence-electron chi connectivity index (χ4n) is 3.47. The lowest BCUT2D eigenvalue weighted by Crippen LogP contribution is -2.24. The van der Waals surface area contributed by atoms with Crippen molar-refractivity contribution >= 4 is 17.7 Å². The topological polar surface area (TPSA) is 55.1 Å². The van der Waals surface area contributed by atoms with E-state index in [0.29, 0.717) is 5.70 Å². The molecule has 156 valence electrons. The molecule has 3 heteroatoms. The van der Waals surface area contributed by atoms with Gasteiger partial charge in [0.1, 0.15) is 5.70 Å². The fraction of sp³-hybridized carbons (Fsp3) is 0. The maximum atomic E-state index is 12.0. The van der Waals surface area contributed by atoms with Crippen molar-refractivity contribution in [1.29, 1.82) is 0 Å². The molecule has 4 aromatic carbocycles. The van der Waals surface area contributed by atoms with Gasteiger partial charge >= 0.3 is 0 Å². The summed E-state index contributed by atoms with van der Waals surface area (Å²) in [5, 5.41) is 3.08. The molecule has 0 spiro atoms. The molecule has 0 bridgehead atoms. The first-order valence-electron chi connectivity index (χ1n) is 10.4. The Morgan fingerprint density at radius 3 is 1.56 bits per heavy atom. The average molecular weight is 417 g/mol. The number of primary amides is 1. The van der Waals surface area contributed by atoms with E-state index >= 15 is 0 Å². The van der Waals surface area contributed by atoms with Gasteiger partial charge in [0.05, 0.1) is 0 Å². The lowest BCUT2D eigenvalue weighted by Gasteiger charge is -2.12. The first kappa shape index (κ1) is 20.9. The molecule has 4 aromatic rings. The van der Waals surface area contributed by atoms with Crippen LogP contribution < -0.4 is 11.1 Å². The van der Waals surface area contributed by atoms with Gasteiger partial charge in [0.2, 0.25) is 0 Å². The highest BCUT2D eigenvalue weighted by Gasteiger charge is 2.09. The van der Waals surface area contributed by atoms with Crippen molar-refractivity contribution in [3.63, 3.8) is 0 Å². The normalized spacial score (nSPS) is 11.1. The maximum absolute atomic E-state index is 12.0. The molecule has 0 aliphatic carbocycles. The van der Waals surface area contributed by atoms with Crippen LogP contribution in [0.3, 0.4) is 0 Å². The summed E-state index contributed by atoms with van der Waals surface area (Å²) in [7, 11) is 0. The Balaban J connectivity index is 1.50. The molecule has 0 radical (unpaired) electrons. The van der Waals surface area contributed by atoms with Crippen molar-refractivity contribution in [3.05, 3.63) is 133 Å². The zero-order valence-electron chi connectivity index (χ0n) is 17.7. The lowest BCUT2D eigenvalue weighted by atomic mass is 10.0. The molecule has 3 N–H and O–H groups in total. The Hall–Kier alpha value is -4.37. The molecule has 0 saturated carbocycles. The van der Waals surface area contributed by atoms with Gasteiger partial charge in [0.25, 0.3) is 5.91 Å². The van der Waals surface area contributed by atoms with Crippen LogP contribution in [0.1, 0.15) is 11.1 Å². The molecule has 3 nitrogen and oxygen atoms in total. The first-order chi connectivity index (χ1) is 15.6. The molecule has 0 unspecified atom stereocenters. The van der Waals surface area contributed by atoms with E-state index in [4.69, 9.17) is 5.73 Å². The van der Waals surface area contributed by atoms with Gasteiger partial charge in [-0.25, -0.2) is 0 Å². The molecule has 0 atom stereocenters. The van der Waals surface area contributed by atoms with Crippen molar-refractivity contribution in [3.8, 4) is 22.3 Å². The van der Waals surface area contributed by atoms with E-state index in [0.717, 1.165) is 33.4 Å². The summed E-state index contributed by atoms with van der Waals surface area (Å²) in [6, 6.07) is 36.3. The summed E-state index contributed by atoms with van der Waals surface area (Å²) < 4.78 is 0. The van der Waals surface area contributed by atoms with Crippen molar-refractivity contribution in [2.24, 2.45) is 5.73 Å². The van der Waals surface area contributed by atoms with Crippen molar-refractivity contribution in [2.75, 3.05) is 0 Å². The van der Waals surface area contributed by atoms with E-state index < -0.39 is 5.91 Å². The second-order valence-electron chi connectivity index (χ2n) is 7.46. The quantitative estimate of drug-likeness (QED) is 0.357. The van der Waals surface area contributed by atoms with Gasteiger partial charge < -0.3 is 11.1 Å². The highest BCUT2D eigenvalue weighted by molar-refractivity contribution is 5.97. The van der Waals surface area contributed by atoms with Crippen LogP contribution in [0.2, 0.25) is 0 Å². The van der Waals surface area contributed by atoms with E-state index in [1.165, 1.54) is 0 Å². The molecule has 32 heavy (non-hydrogen) atoms. The third kappa shape index (κ3) is 5.02. The SMILES string of the molecule is C=C(N/C(=C/c1ccc(-c2ccccc2)cc1)C(N)=O)c1ccc(-c2ccccc2)cc1. The van der Waals surface area contributed by atoms with Crippen molar-refractivity contribution in [2.45, 2.75) is 0 Å². The van der Waals surface area contributed by atoms with Crippen LogP contribution in [-0.4, -0.2) is 5.91 Å². The number of hydrogen-bond donors (Lipinski definition) is 2. The minimum atomic E-state index is -0.542. The molecule has 1 amide bonds. The van der Waals surface area contributed by atoms with E-state index in [1.807, 2.05) is 84.9 Å². The van der Waals surface area contributed by atoms with Gasteiger partial charge in [-0.3, -0.25) is 4.79 Å². The number of carbonyl (C=O) groups excluding carboxylic acids is 1. The molecular formula is C29H24N2O. The maximum Gasteiger partial charge on any atom is 0.265 e. The molecule has 0 aliphatic rings. The van der Waals surface area contributed by atoms with E-state index in [1.54, 1.807) is 6.08 Å². The van der Waals surface area contributed by atoms with Crippen LogP contribution in [0.25, 0.3) is 34.0 Å². The summed E-state index contributed by atoms with van der Waals surface area (Å²) in [5.41, 5.74) is 12.8. The van der Waals surface area contributed by atoms with Crippen molar-refractivity contribution in [1.82, 2.24) is 5.32 Å². The highest BCUT2D eigenvalue weighted by atomic mass is 16.1. The third-order valence-corrected chi connectivity index (χ3v) is 5.22. The van der Waals surface area contributed by atoms with Crippen molar-refractivity contribution < 1.29 is 4.79 Å². The number of amides is 1. The molecule has 0 fully saturated rings. The van der Waals surface area contributed by atoms with Crippen LogP contribution >= 0.6 is 0 Å². The zero-order valence-corrected chi connectivity index (χ0v) is 17.7.